The zero-order chi connectivity index (χ0) is 15.8. The molecule has 23 heavy (non-hydrogen) atoms. The number of nitrogens with zero attached hydrogens (tertiary/aromatic N) is 3. The molecule has 0 spiro atoms. The highest BCUT2D eigenvalue weighted by molar-refractivity contribution is 5.80. The van der Waals surface area contributed by atoms with Crippen molar-refractivity contribution in [1.29, 1.82) is 0 Å². The molecular formula is C18H15N3O2. The third-order valence-electron chi connectivity index (χ3n) is 3.83. The first kappa shape index (κ1) is 13.6. The molecule has 0 aliphatic carbocycles. The minimum Gasteiger partial charge on any atom is -0.497 e. The van der Waals surface area contributed by atoms with Gasteiger partial charge in [0.15, 0.2) is 0 Å². The molecule has 0 saturated carbocycles. The molecule has 0 unspecified atom stereocenters. The Morgan fingerprint density at radius 2 is 1.61 bits per heavy atom. The average Bonchev–Trinajstić information content (AvgIpc) is 2.98. The van der Waals surface area contributed by atoms with E-state index >= 15 is 0 Å². The van der Waals surface area contributed by atoms with Crippen molar-refractivity contribution in [3.05, 3.63) is 54.7 Å². The van der Waals surface area contributed by atoms with Gasteiger partial charge in [0.25, 0.3) is 0 Å². The van der Waals surface area contributed by atoms with E-state index in [1.54, 1.807) is 14.2 Å². The van der Waals surface area contributed by atoms with Gasteiger partial charge >= 0.3 is 0 Å². The number of para-hydroxylation sites is 2. The molecule has 0 bridgehead atoms. The van der Waals surface area contributed by atoms with Gasteiger partial charge in [-0.2, -0.15) is 0 Å². The zero-order valence-electron chi connectivity index (χ0n) is 12.9. The summed E-state index contributed by atoms with van der Waals surface area (Å²) in [5.41, 5.74) is 3.73. The lowest BCUT2D eigenvalue weighted by molar-refractivity contribution is 0.394. The molecule has 2 heterocycles. The number of imidazole rings is 1. The maximum atomic E-state index is 5.33. The molecule has 0 atom stereocenters. The number of ether oxygens (including phenoxy) is 2. The molecule has 2 aromatic heterocycles. The van der Waals surface area contributed by atoms with Crippen LogP contribution in [0.25, 0.3) is 28.1 Å². The standard InChI is InChI=1S/C18H15N3O2/c1-22-13-9-12(10-14(11-13)23-2)15-7-8-21-17-6-4-3-5-16(17)20-18(21)19-15/h3-11H,1-2H3. The molecule has 5 heteroatoms. The van der Waals surface area contributed by atoms with Crippen LogP contribution in [0.1, 0.15) is 0 Å². The summed E-state index contributed by atoms with van der Waals surface area (Å²) >= 11 is 0. The predicted octanol–water partition coefficient (Wildman–Crippen LogP) is 3.57. The van der Waals surface area contributed by atoms with E-state index < -0.39 is 0 Å². The number of aromatic nitrogens is 3. The van der Waals surface area contributed by atoms with E-state index in [2.05, 4.69) is 9.97 Å². The molecule has 0 aliphatic heterocycles. The van der Waals surface area contributed by atoms with Gasteiger partial charge in [-0.1, -0.05) is 12.1 Å². The highest BCUT2D eigenvalue weighted by Crippen LogP contribution is 2.29. The Labute approximate surface area is 133 Å². The minimum absolute atomic E-state index is 0.672. The Morgan fingerprint density at radius 3 is 2.35 bits per heavy atom. The first-order valence-corrected chi connectivity index (χ1v) is 7.26. The second kappa shape index (κ2) is 5.28. The normalized spacial score (nSPS) is 11.0. The second-order valence-corrected chi connectivity index (χ2v) is 5.18. The first-order chi connectivity index (χ1) is 11.3. The lowest BCUT2D eigenvalue weighted by atomic mass is 10.1. The van der Waals surface area contributed by atoms with Gasteiger partial charge in [-0.15, -0.1) is 0 Å². The topological polar surface area (TPSA) is 48.7 Å². The van der Waals surface area contributed by atoms with Gasteiger partial charge in [-0.3, -0.25) is 4.40 Å². The Morgan fingerprint density at radius 1 is 0.870 bits per heavy atom. The van der Waals surface area contributed by atoms with Crippen molar-refractivity contribution in [1.82, 2.24) is 14.4 Å². The third kappa shape index (κ3) is 2.26. The van der Waals surface area contributed by atoms with E-state index in [4.69, 9.17) is 9.47 Å². The lowest BCUT2D eigenvalue weighted by Gasteiger charge is -2.08. The summed E-state index contributed by atoms with van der Waals surface area (Å²) in [6.07, 6.45) is 1.99. The minimum atomic E-state index is 0.672. The molecule has 0 saturated heterocycles. The van der Waals surface area contributed by atoms with Gasteiger partial charge in [0.2, 0.25) is 5.78 Å². The second-order valence-electron chi connectivity index (χ2n) is 5.18. The summed E-state index contributed by atoms with van der Waals surface area (Å²) in [6.45, 7) is 0. The molecule has 5 nitrogen and oxygen atoms in total. The Hall–Kier alpha value is -3.08. The molecule has 0 radical (unpaired) electrons. The van der Waals surface area contributed by atoms with Crippen molar-refractivity contribution < 1.29 is 9.47 Å². The van der Waals surface area contributed by atoms with Gasteiger partial charge < -0.3 is 9.47 Å². The Bertz CT molecular complexity index is 985. The number of rotatable bonds is 3. The predicted molar refractivity (Wildman–Crippen MR) is 89.0 cm³/mol. The smallest absolute Gasteiger partial charge is 0.235 e. The number of hydrogen-bond donors (Lipinski definition) is 0. The van der Waals surface area contributed by atoms with E-state index in [0.717, 1.165) is 33.8 Å². The highest BCUT2D eigenvalue weighted by Gasteiger charge is 2.09. The van der Waals surface area contributed by atoms with Crippen LogP contribution in [0.2, 0.25) is 0 Å². The molecule has 114 valence electrons. The molecule has 0 aliphatic rings. The molecule has 4 aromatic rings. The van der Waals surface area contributed by atoms with Gasteiger partial charge in [0.05, 0.1) is 30.9 Å². The van der Waals surface area contributed by atoms with Crippen LogP contribution in [-0.4, -0.2) is 28.6 Å². The fraction of sp³-hybridized carbons (Fsp3) is 0.111. The molecule has 4 rings (SSSR count). The highest BCUT2D eigenvalue weighted by atomic mass is 16.5. The molecule has 0 N–H and O–H groups in total. The molecule has 0 amide bonds. The number of methoxy groups -OCH3 is 2. The van der Waals surface area contributed by atoms with E-state index in [1.807, 2.05) is 59.1 Å². The van der Waals surface area contributed by atoms with Crippen LogP contribution in [0.5, 0.6) is 11.5 Å². The van der Waals surface area contributed by atoms with Gasteiger partial charge in [0, 0.05) is 17.8 Å². The SMILES string of the molecule is COc1cc(OC)cc(-c2ccn3c(n2)nc2ccccc23)c1. The summed E-state index contributed by atoms with van der Waals surface area (Å²) in [5.74, 6) is 2.13. The molecular weight excluding hydrogens is 290 g/mol. The largest absolute Gasteiger partial charge is 0.497 e. The van der Waals surface area contributed by atoms with Crippen LogP contribution in [0.15, 0.2) is 54.7 Å². The number of hydrogen-bond acceptors (Lipinski definition) is 4. The Balaban J connectivity index is 1.90. The zero-order valence-corrected chi connectivity index (χ0v) is 12.9. The van der Waals surface area contributed by atoms with E-state index in [1.165, 1.54) is 0 Å². The van der Waals surface area contributed by atoms with Crippen molar-refractivity contribution in [2.24, 2.45) is 0 Å². The van der Waals surface area contributed by atoms with Crippen molar-refractivity contribution in [3.8, 4) is 22.8 Å². The van der Waals surface area contributed by atoms with Crippen LogP contribution in [-0.2, 0) is 0 Å². The van der Waals surface area contributed by atoms with Crippen LogP contribution in [0.3, 0.4) is 0 Å². The summed E-state index contributed by atoms with van der Waals surface area (Å²) < 4.78 is 12.6. The van der Waals surface area contributed by atoms with Gasteiger partial charge in [-0.05, 0) is 30.3 Å². The first-order valence-electron chi connectivity index (χ1n) is 7.26. The number of benzene rings is 2. The Kier molecular flexibility index (Phi) is 3.12. The van der Waals surface area contributed by atoms with Crippen LogP contribution >= 0.6 is 0 Å². The van der Waals surface area contributed by atoms with E-state index in [9.17, 15) is 0 Å². The molecule has 2 aromatic carbocycles. The van der Waals surface area contributed by atoms with Gasteiger partial charge in [-0.25, -0.2) is 9.97 Å². The fourth-order valence-corrected chi connectivity index (χ4v) is 2.66. The van der Waals surface area contributed by atoms with Crippen LogP contribution < -0.4 is 9.47 Å². The maximum absolute atomic E-state index is 5.33. The van der Waals surface area contributed by atoms with Crippen molar-refractivity contribution in [2.75, 3.05) is 14.2 Å². The van der Waals surface area contributed by atoms with Crippen molar-refractivity contribution in [3.63, 3.8) is 0 Å². The monoisotopic (exact) mass is 305 g/mol. The summed E-state index contributed by atoms with van der Waals surface area (Å²) in [6, 6.07) is 15.7. The van der Waals surface area contributed by atoms with E-state index in [0.29, 0.717) is 5.78 Å². The number of fused-ring (bicyclic) bond motifs is 3. The summed E-state index contributed by atoms with van der Waals surface area (Å²) in [5, 5.41) is 0. The average molecular weight is 305 g/mol. The molecule has 0 fully saturated rings. The van der Waals surface area contributed by atoms with Gasteiger partial charge in [0.1, 0.15) is 11.5 Å². The lowest BCUT2D eigenvalue weighted by Crippen LogP contribution is -1.93. The van der Waals surface area contributed by atoms with Crippen molar-refractivity contribution >= 4 is 16.8 Å². The van der Waals surface area contributed by atoms with Crippen LogP contribution in [0, 0.1) is 0 Å². The van der Waals surface area contributed by atoms with E-state index in [-0.39, 0.29) is 0 Å². The van der Waals surface area contributed by atoms with Crippen LogP contribution in [0.4, 0.5) is 0 Å². The summed E-state index contributed by atoms with van der Waals surface area (Å²) in [7, 11) is 3.27. The summed E-state index contributed by atoms with van der Waals surface area (Å²) in [4.78, 5) is 9.25. The van der Waals surface area contributed by atoms with Crippen molar-refractivity contribution in [2.45, 2.75) is 0 Å². The maximum Gasteiger partial charge on any atom is 0.235 e. The third-order valence-corrected chi connectivity index (χ3v) is 3.83. The quantitative estimate of drug-likeness (QED) is 0.580. The fourth-order valence-electron chi connectivity index (χ4n) is 2.66.